The van der Waals surface area contributed by atoms with Crippen molar-refractivity contribution in [1.82, 2.24) is 0 Å². The van der Waals surface area contributed by atoms with Crippen molar-refractivity contribution in [1.29, 1.82) is 0 Å². The van der Waals surface area contributed by atoms with Gasteiger partial charge in [-0.1, -0.05) is 35.5 Å². The van der Waals surface area contributed by atoms with E-state index in [1.54, 1.807) is 17.6 Å². The van der Waals surface area contributed by atoms with E-state index in [4.69, 9.17) is 0 Å². The maximum Gasteiger partial charge on any atom is 0.331 e. The normalized spacial score (nSPS) is 10.6. The lowest BCUT2D eigenvalue weighted by Crippen LogP contribution is -1.92. The Morgan fingerprint density at radius 3 is 2.82 bits per heavy atom. The van der Waals surface area contributed by atoms with Gasteiger partial charge >= 0.3 is 5.97 Å². The zero-order chi connectivity index (χ0) is 12.1. The van der Waals surface area contributed by atoms with Crippen LogP contribution < -0.4 is 0 Å². The van der Waals surface area contributed by atoms with Crippen LogP contribution in [0.5, 0.6) is 0 Å². The highest BCUT2D eigenvalue weighted by Crippen LogP contribution is 2.26. The molecule has 0 aliphatic heterocycles. The van der Waals surface area contributed by atoms with Crippen LogP contribution in [0.4, 0.5) is 0 Å². The van der Waals surface area contributed by atoms with Crippen LogP contribution in [0.1, 0.15) is 12.5 Å². The molecule has 0 bridgehead atoms. The molecule has 0 amide bonds. The molecule has 1 aromatic heterocycles. The van der Waals surface area contributed by atoms with Crippen LogP contribution in [0.3, 0.4) is 0 Å². The lowest BCUT2D eigenvalue weighted by Gasteiger charge is -2.01. The lowest BCUT2D eigenvalue weighted by molar-refractivity contribution is -0.140. The van der Waals surface area contributed by atoms with Gasteiger partial charge in [-0.25, -0.2) is 4.79 Å². The van der Waals surface area contributed by atoms with Crippen molar-refractivity contribution >= 4 is 23.5 Å². The Balaban J connectivity index is 2.28. The van der Waals surface area contributed by atoms with E-state index >= 15 is 0 Å². The Bertz CT molecular complexity index is 532. The molecule has 0 saturated carbocycles. The van der Waals surface area contributed by atoms with Crippen molar-refractivity contribution in [2.75, 3.05) is 0 Å². The summed E-state index contributed by atoms with van der Waals surface area (Å²) in [4.78, 5) is 16.3. The van der Waals surface area contributed by atoms with Crippen molar-refractivity contribution in [3.8, 4) is 10.4 Å². The smallest absolute Gasteiger partial charge is 0.319 e. The molecule has 86 valence electrons. The van der Waals surface area contributed by atoms with Gasteiger partial charge in [0, 0.05) is 22.9 Å². The molecule has 0 unspecified atom stereocenters. The SMILES string of the molecule is CC(=O)O/N=C/c1ccccc1-c1cccs1. The molecule has 0 fully saturated rings. The zero-order valence-electron chi connectivity index (χ0n) is 9.29. The summed E-state index contributed by atoms with van der Waals surface area (Å²) in [6.07, 6.45) is 1.55. The van der Waals surface area contributed by atoms with Gasteiger partial charge in [0.05, 0.1) is 6.21 Å². The second-order valence-electron chi connectivity index (χ2n) is 3.38. The van der Waals surface area contributed by atoms with Crippen LogP contribution in [-0.2, 0) is 9.63 Å². The highest BCUT2D eigenvalue weighted by Gasteiger charge is 2.03. The van der Waals surface area contributed by atoms with Crippen molar-refractivity contribution in [2.45, 2.75) is 6.92 Å². The average Bonchev–Trinajstić information content (AvgIpc) is 2.82. The van der Waals surface area contributed by atoms with Crippen LogP contribution >= 0.6 is 11.3 Å². The van der Waals surface area contributed by atoms with Crippen molar-refractivity contribution < 1.29 is 9.63 Å². The van der Waals surface area contributed by atoms with Gasteiger partial charge in [0.1, 0.15) is 0 Å². The summed E-state index contributed by atoms with van der Waals surface area (Å²) in [5.41, 5.74) is 2.01. The Morgan fingerprint density at radius 1 is 1.29 bits per heavy atom. The van der Waals surface area contributed by atoms with E-state index in [-0.39, 0.29) is 0 Å². The van der Waals surface area contributed by atoms with E-state index in [0.717, 1.165) is 16.0 Å². The van der Waals surface area contributed by atoms with Gasteiger partial charge < -0.3 is 4.84 Å². The fraction of sp³-hybridized carbons (Fsp3) is 0.0769. The van der Waals surface area contributed by atoms with Gasteiger partial charge in [-0.2, -0.15) is 0 Å². The summed E-state index contributed by atoms with van der Waals surface area (Å²) < 4.78 is 0. The molecule has 0 saturated heterocycles. The maximum atomic E-state index is 10.6. The fourth-order valence-corrected chi connectivity index (χ4v) is 2.20. The molecule has 0 aliphatic carbocycles. The molecular weight excluding hydrogens is 234 g/mol. The number of benzene rings is 1. The largest absolute Gasteiger partial charge is 0.331 e. The van der Waals surface area contributed by atoms with Crippen LogP contribution in [0.2, 0.25) is 0 Å². The number of carbonyl (C=O) groups excluding carboxylic acids is 1. The van der Waals surface area contributed by atoms with Gasteiger partial charge in [-0.15, -0.1) is 11.3 Å². The predicted octanol–water partition coefficient (Wildman–Crippen LogP) is 3.31. The average molecular weight is 245 g/mol. The third kappa shape index (κ3) is 3.01. The minimum atomic E-state index is -0.421. The Hall–Kier alpha value is -1.94. The van der Waals surface area contributed by atoms with E-state index in [0.29, 0.717) is 0 Å². The molecule has 1 heterocycles. The number of oxime groups is 1. The van der Waals surface area contributed by atoms with Crippen LogP contribution in [0, 0.1) is 0 Å². The number of hydrogen-bond donors (Lipinski definition) is 0. The van der Waals surface area contributed by atoms with Crippen LogP contribution in [0.15, 0.2) is 46.9 Å². The molecular formula is C13H11NO2S. The monoisotopic (exact) mass is 245 g/mol. The summed E-state index contributed by atoms with van der Waals surface area (Å²) >= 11 is 1.66. The molecule has 0 atom stereocenters. The third-order valence-corrected chi connectivity index (χ3v) is 3.02. The first-order valence-corrected chi connectivity index (χ1v) is 5.99. The van der Waals surface area contributed by atoms with Gasteiger partial charge in [-0.3, -0.25) is 0 Å². The van der Waals surface area contributed by atoms with Gasteiger partial charge in [0.25, 0.3) is 0 Å². The summed E-state index contributed by atoms with van der Waals surface area (Å²) in [5.74, 6) is -0.421. The predicted molar refractivity (Wildman–Crippen MR) is 69.1 cm³/mol. The molecule has 0 aliphatic rings. The van der Waals surface area contributed by atoms with Gasteiger partial charge in [-0.05, 0) is 11.4 Å². The molecule has 4 heteroatoms. The molecule has 0 N–H and O–H groups in total. The van der Waals surface area contributed by atoms with E-state index in [9.17, 15) is 4.79 Å². The Morgan fingerprint density at radius 2 is 2.12 bits per heavy atom. The molecule has 1 aromatic carbocycles. The highest BCUT2D eigenvalue weighted by molar-refractivity contribution is 7.13. The third-order valence-electron chi connectivity index (χ3n) is 2.12. The number of rotatable bonds is 3. The minimum Gasteiger partial charge on any atom is -0.319 e. The second kappa shape index (κ2) is 5.41. The number of thiophene rings is 1. The minimum absolute atomic E-state index is 0.421. The number of carbonyl (C=O) groups is 1. The van der Waals surface area contributed by atoms with E-state index in [2.05, 4.69) is 9.99 Å². The quantitative estimate of drug-likeness (QED) is 0.472. The standard InChI is InChI=1S/C13H11NO2S/c1-10(15)16-14-9-11-5-2-3-6-12(11)13-7-4-8-17-13/h2-9H,1H3/b14-9+. The second-order valence-corrected chi connectivity index (χ2v) is 4.33. The first-order chi connectivity index (χ1) is 8.27. The molecule has 17 heavy (non-hydrogen) atoms. The van der Waals surface area contributed by atoms with E-state index in [1.807, 2.05) is 41.8 Å². The number of hydrogen-bond acceptors (Lipinski definition) is 4. The first kappa shape index (κ1) is 11.5. The maximum absolute atomic E-state index is 10.6. The van der Waals surface area contributed by atoms with Gasteiger partial charge in [0.2, 0.25) is 0 Å². The van der Waals surface area contributed by atoms with Gasteiger partial charge in [0.15, 0.2) is 0 Å². The van der Waals surface area contributed by atoms with Crippen LogP contribution in [0.25, 0.3) is 10.4 Å². The molecule has 0 spiro atoms. The summed E-state index contributed by atoms with van der Waals surface area (Å²) in [6.45, 7) is 1.32. The summed E-state index contributed by atoms with van der Waals surface area (Å²) in [6, 6.07) is 11.9. The Kier molecular flexibility index (Phi) is 3.67. The summed E-state index contributed by atoms with van der Waals surface area (Å²) in [7, 11) is 0. The lowest BCUT2D eigenvalue weighted by atomic mass is 10.1. The molecule has 2 rings (SSSR count). The molecule has 3 nitrogen and oxygen atoms in total. The molecule has 2 aromatic rings. The number of nitrogens with zero attached hydrogens (tertiary/aromatic N) is 1. The fourth-order valence-electron chi connectivity index (χ4n) is 1.42. The topological polar surface area (TPSA) is 38.7 Å². The Labute approximate surface area is 103 Å². The van der Waals surface area contributed by atoms with Crippen LogP contribution in [-0.4, -0.2) is 12.2 Å². The zero-order valence-corrected chi connectivity index (χ0v) is 10.1. The highest BCUT2D eigenvalue weighted by atomic mass is 32.1. The first-order valence-electron chi connectivity index (χ1n) is 5.11. The van der Waals surface area contributed by atoms with Crippen molar-refractivity contribution in [2.24, 2.45) is 5.16 Å². The van der Waals surface area contributed by atoms with E-state index in [1.165, 1.54) is 6.92 Å². The van der Waals surface area contributed by atoms with Crippen molar-refractivity contribution in [3.05, 3.63) is 47.3 Å². The van der Waals surface area contributed by atoms with E-state index < -0.39 is 5.97 Å². The summed E-state index contributed by atoms with van der Waals surface area (Å²) in [5, 5.41) is 5.66. The molecule has 0 radical (unpaired) electrons. The van der Waals surface area contributed by atoms with Crippen molar-refractivity contribution in [3.63, 3.8) is 0 Å².